The molecule has 1 aromatic carbocycles. The van der Waals surface area contributed by atoms with Gasteiger partial charge in [-0.2, -0.15) is 0 Å². The lowest BCUT2D eigenvalue weighted by molar-refractivity contribution is -0.131. The van der Waals surface area contributed by atoms with Crippen molar-refractivity contribution < 1.29 is 14.4 Å². The fourth-order valence-corrected chi connectivity index (χ4v) is 1.81. The Morgan fingerprint density at radius 3 is 1.89 bits per heavy atom. The van der Waals surface area contributed by atoms with Crippen LogP contribution in [0.4, 0.5) is 0 Å². The first-order chi connectivity index (χ1) is 12.7. The lowest BCUT2D eigenvalue weighted by atomic mass is 9.98. The summed E-state index contributed by atoms with van der Waals surface area (Å²) in [6.07, 6.45) is 0.702. The van der Waals surface area contributed by atoms with Gasteiger partial charge in [0.25, 0.3) is 0 Å². The Bertz CT molecular complexity index is 547. The largest absolute Gasteiger partial charge is 0.368 e. The first-order valence-corrected chi connectivity index (χ1v) is 9.32. The quantitative estimate of drug-likeness (QED) is 0.571. The molecule has 3 amide bonds. The summed E-state index contributed by atoms with van der Waals surface area (Å²) in [6, 6.07) is 8.85. The highest BCUT2D eigenvalue weighted by atomic mass is 16.2. The van der Waals surface area contributed by atoms with E-state index in [4.69, 9.17) is 11.5 Å². The number of nitrogens with one attached hydrogen (secondary N) is 2. The zero-order valence-electron chi connectivity index (χ0n) is 17.4. The predicted octanol–water partition coefficient (Wildman–Crippen LogP) is 1.49. The molecule has 27 heavy (non-hydrogen) atoms. The van der Waals surface area contributed by atoms with Crippen LogP contribution in [0.2, 0.25) is 0 Å². The molecule has 0 heterocycles. The molecule has 1 unspecified atom stereocenters. The van der Waals surface area contributed by atoms with Gasteiger partial charge < -0.3 is 22.1 Å². The molecule has 0 bridgehead atoms. The summed E-state index contributed by atoms with van der Waals surface area (Å²) in [5, 5.41) is 4.94. The molecule has 0 saturated heterocycles. The first kappa shape index (κ1) is 26.8. The van der Waals surface area contributed by atoms with Crippen molar-refractivity contribution in [2.24, 2.45) is 17.4 Å². The molecule has 0 saturated carbocycles. The molecule has 1 aromatic rings. The number of carbonyl (C=O) groups is 3. The number of rotatable bonds is 7. The van der Waals surface area contributed by atoms with E-state index in [-0.39, 0.29) is 12.5 Å². The molecule has 0 aliphatic carbocycles. The summed E-state index contributed by atoms with van der Waals surface area (Å²) in [7, 11) is 0. The Balaban J connectivity index is 0. The number of nitrogens with two attached hydrogens (primary N) is 2. The van der Waals surface area contributed by atoms with Crippen LogP contribution in [-0.4, -0.2) is 36.3 Å². The van der Waals surface area contributed by atoms with Crippen LogP contribution in [0.1, 0.15) is 46.6 Å². The molecule has 7 heteroatoms. The van der Waals surface area contributed by atoms with Gasteiger partial charge in [0.1, 0.15) is 6.04 Å². The summed E-state index contributed by atoms with van der Waals surface area (Å²) in [4.78, 5) is 33.9. The molecule has 7 nitrogen and oxygen atoms in total. The molecule has 0 radical (unpaired) electrons. The molecule has 3 atom stereocenters. The van der Waals surface area contributed by atoms with Gasteiger partial charge in [-0.25, -0.2) is 0 Å². The zero-order valence-corrected chi connectivity index (χ0v) is 17.4. The zero-order chi connectivity index (χ0) is 21.4. The Labute approximate surface area is 163 Å². The van der Waals surface area contributed by atoms with E-state index in [9.17, 15) is 14.4 Å². The van der Waals surface area contributed by atoms with E-state index >= 15 is 0 Å². The van der Waals surface area contributed by atoms with Gasteiger partial charge in [0.2, 0.25) is 17.7 Å². The summed E-state index contributed by atoms with van der Waals surface area (Å²) < 4.78 is 0. The first-order valence-electron chi connectivity index (χ1n) is 9.32. The Morgan fingerprint density at radius 1 is 1.04 bits per heavy atom. The van der Waals surface area contributed by atoms with Crippen LogP contribution in [-0.2, 0) is 14.4 Å². The second-order valence-electron chi connectivity index (χ2n) is 6.00. The monoisotopic (exact) mass is 380 g/mol. The standard InChI is InChI=1S/C11H22N4O3.C7H8.C2H6/c1-4-6(2)9(15-10(17)7(3)12)11(18)14-5-8(13)16;1-7-5-3-2-4-6-7;1-2/h6-7,9H,4-5,12H2,1-3H3,(H2,13,16)(H,14,18)(H,15,17);2-6H,1H3;1-2H3/t6-,7?,9-;;/m0../s1. The maximum Gasteiger partial charge on any atom is 0.243 e. The molecule has 0 fully saturated rings. The highest BCUT2D eigenvalue weighted by molar-refractivity contribution is 5.91. The molecule has 154 valence electrons. The SMILES string of the molecule is CC.CC[C@H](C)[C@H](NC(=O)C(C)N)C(=O)NCC(N)=O.Cc1ccccc1. The van der Waals surface area contributed by atoms with Gasteiger partial charge in [-0.15, -0.1) is 0 Å². The van der Waals surface area contributed by atoms with Crippen LogP contribution in [0, 0.1) is 12.8 Å². The van der Waals surface area contributed by atoms with Crippen molar-refractivity contribution in [2.45, 2.75) is 60.0 Å². The molecular weight excluding hydrogens is 344 g/mol. The summed E-state index contributed by atoms with van der Waals surface area (Å²) in [6.45, 7) is 11.1. The number of aryl methyl sites for hydroxylation is 1. The van der Waals surface area contributed by atoms with Gasteiger partial charge in [0.15, 0.2) is 0 Å². The number of carbonyl (C=O) groups excluding carboxylic acids is 3. The molecule has 0 spiro atoms. The van der Waals surface area contributed by atoms with E-state index in [0.29, 0.717) is 6.42 Å². The molecule has 0 aliphatic heterocycles. The predicted molar refractivity (Wildman–Crippen MR) is 110 cm³/mol. The fraction of sp³-hybridized carbons (Fsp3) is 0.550. The highest BCUT2D eigenvalue weighted by Crippen LogP contribution is 2.08. The lowest BCUT2D eigenvalue weighted by Crippen LogP contribution is -2.54. The number of benzene rings is 1. The molecular formula is C20H36N4O3. The smallest absolute Gasteiger partial charge is 0.243 e. The Morgan fingerprint density at radius 2 is 1.56 bits per heavy atom. The molecule has 6 N–H and O–H groups in total. The minimum Gasteiger partial charge on any atom is -0.368 e. The maximum absolute atomic E-state index is 11.8. The third-order valence-electron chi connectivity index (χ3n) is 3.58. The van der Waals surface area contributed by atoms with Gasteiger partial charge in [-0.05, 0) is 19.8 Å². The van der Waals surface area contributed by atoms with Crippen LogP contribution < -0.4 is 22.1 Å². The Kier molecular flexibility index (Phi) is 15.7. The minimum absolute atomic E-state index is 0.0689. The van der Waals surface area contributed by atoms with E-state index in [1.807, 2.05) is 45.9 Å². The van der Waals surface area contributed by atoms with E-state index in [1.54, 1.807) is 0 Å². The van der Waals surface area contributed by atoms with Crippen molar-refractivity contribution in [3.05, 3.63) is 35.9 Å². The van der Waals surface area contributed by atoms with E-state index in [1.165, 1.54) is 12.5 Å². The van der Waals surface area contributed by atoms with Gasteiger partial charge in [0, 0.05) is 0 Å². The van der Waals surface area contributed by atoms with E-state index in [0.717, 1.165) is 0 Å². The number of primary amides is 1. The van der Waals surface area contributed by atoms with Crippen molar-refractivity contribution in [2.75, 3.05) is 6.54 Å². The van der Waals surface area contributed by atoms with Gasteiger partial charge >= 0.3 is 0 Å². The van der Waals surface area contributed by atoms with Crippen LogP contribution >= 0.6 is 0 Å². The summed E-state index contributed by atoms with van der Waals surface area (Å²) >= 11 is 0. The summed E-state index contributed by atoms with van der Waals surface area (Å²) in [5.74, 6) is -1.54. The number of hydrogen-bond acceptors (Lipinski definition) is 4. The fourth-order valence-electron chi connectivity index (χ4n) is 1.81. The van der Waals surface area contributed by atoms with Crippen LogP contribution in [0.5, 0.6) is 0 Å². The highest BCUT2D eigenvalue weighted by Gasteiger charge is 2.26. The number of amides is 3. The van der Waals surface area contributed by atoms with Crippen LogP contribution in [0.3, 0.4) is 0 Å². The topological polar surface area (TPSA) is 127 Å². The van der Waals surface area contributed by atoms with Gasteiger partial charge in [-0.3, -0.25) is 14.4 Å². The second kappa shape index (κ2) is 15.8. The molecule has 0 aliphatic rings. The minimum atomic E-state index is -0.715. The van der Waals surface area contributed by atoms with E-state index < -0.39 is 29.8 Å². The van der Waals surface area contributed by atoms with E-state index in [2.05, 4.69) is 29.7 Å². The number of hydrogen-bond donors (Lipinski definition) is 4. The lowest BCUT2D eigenvalue weighted by Gasteiger charge is -2.24. The van der Waals surface area contributed by atoms with Gasteiger partial charge in [0.05, 0.1) is 12.6 Å². The summed E-state index contributed by atoms with van der Waals surface area (Å²) in [5.41, 5.74) is 11.7. The third-order valence-corrected chi connectivity index (χ3v) is 3.58. The van der Waals surface area contributed by atoms with Crippen LogP contribution in [0.15, 0.2) is 30.3 Å². The molecule has 1 rings (SSSR count). The van der Waals surface area contributed by atoms with Crippen LogP contribution in [0.25, 0.3) is 0 Å². The second-order valence-corrected chi connectivity index (χ2v) is 6.00. The normalized spacial score (nSPS) is 12.7. The van der Waals surface area contributed by atoms with Crippen molar-refractivity contribution in [1.82, 2.24) is 10.6 Å². The average Bonchev–Trinajstić information content (AvgIpc) is 2.66. The maximum atomic E-state index is 11.8. The van der Waals surface area contributed by atoms with Crippen molar-refractivity contribution >= 4 is 17.7 Å². The van der Waals surface area contributed by atoms with Gasteiger partial charge in [-0.1, -0.05) is 70.0 Å². The third kappa shape index (κ3) is 13.5. The van der Waals surface area contributed by atoms with Crippen molar-refractivity contribution in [1.29, 1.82) is 0 Å². The van der Waals surface area contributed by atoms with Crippen molar-refractivity contribution in [3.8, 4) is 0 Å². The van der Waals surface area contributed by atoms with Crippen molar-refractivity contribution in [3.63, 3.8) is 0 Å². The average molecular weight is 381 g/mol. The molecule has 0 aromatic heterocycles. The Hall–Kier alpha value is -2.41.